The maximum absolute atomic E-state index is 9.48. The van der Waals surface area contributed by atoms with Crippen molar-refractivity contribution >= 4 is 0 Å². The van der Waals surface area contributed by atoms with E-state index in [1.165, 1.54) is 0 Å². The minimum atomic E-state index is -0.241. The standard InChI is InChI=1S/C10H23NO2/c1-8(2)10(12)6-11-5-9(3)7-13-4/h8-12H,5-7H2,1-4H3. The SMILES string of the molecule is COCC(C)CNCC(O)C(C)C. The molecule has 2 N–H and O–H groups in total. The van der Waals surface area contributed by atoms with Crippen molar-refractivity contribution in [3.63, 3.8) is 0 Å². The summed E-state index contributed by atoms with van der Waals surface area (Å²) in [5.41, 5.74) is 0. The summed E-state index contributed by atoms with van der Waals surface area (Å²) in [6, 6.07) is 0. The molecule has 0 heterocycles. The molecule has 0 radical (unpaired) electrons. The quantitative estimate of drug-likeness (QED) is 0.624. The van der Waals surface area contributed by atoms with Crippen LogP contribution in [0.15, 0.2) is 0 Å². The molecule has 0 aliphatic rings. The van der Waals surface area contributed by atoms with Crippen molar-refractivity contribution in [1.82, 2.24) is 5.32 Å². The van der Waals surface area contributed by atoms with Crippen LogP contribution in [0.25, 0.3) is 0 Å². The molecule has 0 spiro atoms. The zero-order valence-electron chi connectivity index (χ0n) is 9.21. The largest absolute Gasteiger partial charge is 0.392 e. The van der Waals surface area contributed by atoms with E-state index in [0.717, 1.165) is 13.2 Å². The fourth-order valence-corrected chi connectivity index (χ4v) is 1.06. The fraction of sp³-hybridized carbons (Fsp3) is 1.00. The van der Waals surface area contributed by atoms with Crippen molar-refractivity contribution in [3.05, 3.63) is 0 Å². The molecule has 0 aromatic carbocycles. The van der Waals surface area contributed by atoms with Gasteiger partial charge in [0.2, 0.25) is 0 Å². The average Bonchev–Trinajstić information content (AvgIpc) is 2.04. The molecular formula is C10H23NO2. The predicted octanol–water partition coefficient (Wildman–Crippen LogP) is 0.875. The molecule has 0 aliphatic heterocycles. The summed E-state index contributed by atoms with van der Waals surface area (Å²) in [5.74, 6) is 0.828. The molecular weight excluding hydrogens is 166 g/mol. The summed E-state index contributed by atoms with van der Waals surface area (Å²) in [4.78, 5) is 0. The molecule has 0 aromatic heterocycles. The van der Waals surface area contributed by atoms with Crippen LogP contribution in [-0.2, 0) is 4.74 Å². The molecule has 0 aromatic rings. The summed E-state index contributed by atoms with van der Waals surface area (Å²) in [7, 11) is 1.71. The van der Waals surface area contributed by atoms with E-state index < -0.39 is 0 Å². The summed E-state index contributed by atoms with van der Waals surface area (Å²) < 4.78 is 5.01. The highest BCUT2D eigenvalue weighted by Crippen LogP contribution is 1.99. The lowest BCUT2D eigenvalue weighted by atomic mass is 10.1. The summed E-state index contributed by atoms with van der Waals surface area (Å²) in [6.45, 7) is 8.50. The van der Waals surface area contributed by atoms with Crippen LogP contribution in [-0.4, -0.2) is 38.0 Å². The van der Waals surface area contributed by atoms with Gasteiger partial charge < -0.3 is 15.2 Å². The van der Waals surface area contributed by atoms with E-state index in [4.69, 9.17) is 4.74 Å². The van der Waals surface area contributed by atoms with E-state index >= 15 is 0 Å². The lowest BCUT2D eigenvalue weighted by Crippen LogP contribution is -2.33. The zero-order chi connectivity index (χ0) is 10.3. The number of nitrogens with one attached hydrogen (secondary N) is 1. The van der Waals surface area contributed by atoms with Gasteiger partial charge >= 0.3 is 0 Å². The van der Waals surface area contributed by atoms with Crippen molar-refractivity contribution < 1.29 is 9.84 Å². The van der Waals surface area contributed by atoms with Crippen molar-refractivity contribution in [2.75, 3.05) is 26.8 Å². The third-order valence-corrected chi connectivity index (χ3v) is 2.07. The Kier molecular flexibility index (Phi) is 7.23. The molecule has 3 heteroatoms. The van der Waals surface area contributed by atoms with Gasteiger partial charge in [0, 0.05) is 20.3 Å². The first-order chi connectivity index (χ1) is 6.07. The molecule has 0 bridgehead atoms. The minimum Gasteiger partial charge on any atom is -0.392 e. The summed E-state index contributed by atoms with van der Waals surface area (Å²) >= 11 is 0. The van der Waals surface area contributed by atoms with Crippen molar-refractivity contribution in [3.8, 4) is 0 Å². The second kappa shape index (κ2) is 7.30. The van der Waals surface area contributed by atoms with Crippen LogP contribution in [0.1, 0.15) is 20.8 Å². The third kappa shape index (κ3) is 6.99. The second-order valence-corrected chi connectivity index (χ2v) is 4.03. The fourth-order valence-electron chi connectivity index (χ4n) is 1.06. The van der Waals surface area contributed by atoms with Gasteiger partial charge in [0.1, 0.15) is 0 Å². The van der Waals surface area contributed by atoms with E-state index in [9.17, 15) is 5.11 Å². The van der Waals surface area contributed by atoms with Crippen LogP contribution in [0.4, 0.5) is 0 Å². The van der Waals surface area contributed by atoms with Gasteiger partial charge in [-0.05, 0) is 18.4 Å². The second-order valence-electron chi connectivity index (χ2n) is 4.03. The normalized spacial score (nSPS) is 16.2. The monoisotopic (exact) mass is 189 g/mol. The Hall–Kier alpha value is -0.120. The van der Waals surface area contributed by atoms with Crippen molar-refractivity contribution in [1.29, 1.82) is 0 Å². The molecule has 0 rings (SSSR count). The first kappa shape index (κ1) is 12.9. The van der Waals surface area contributed by atoms with Gasteiger partial charge in [0.05, 0.1) is 6.10 Å². The Bertz CT molecular complexity index is 117. The number of methoxy groups -OCH3 is 1. The summed E-state index contributed by atoms with van der Waals surface area (Å²) in [5, 5.41) is 12.7. The Balaban J connectivity index is 3.33. The minimum absolute atomic E-state index is 0.241. The van der Waals surface area contributed by atoms with Gasteiger partial charge in [-0.15, -0.1) is 0 Å². The topological polar surface area (TPSA) is 41.5 Å². The van der Waals surface area contributed by atoms with E-state index in [1.807, 2.05) is 13.8 Å². The van der Waals surface area contributed by atoms with Crippen LogP contribution in [0.3, 0.4) is 0 Å². The highest BCUT2D eigenvalue weighted by molar-refractivity contribution is 4.64. The van der Waals surface area contributed by atoms with E-state index in [0.29, 0.717) is 18.4 Å². The Morgan fingerprint density at radius 3 is 2.31 bits per heavy atom. The third-order valence-electron chi connectivity index (χ3n) is 2.07. The van der Waals surface area contributed by atoms with Gasteiger partial charge in [-0.3, -0.25) is 0 Å². The van der Waals surface area contributed by atoms with Gasteiger partial charge in [0.25, 0.3) is 0 Å². The van der Waals surface area contributed by atoms with Crippen LogP contribution in [0.2, 0.25) is 0 Å². The van der Waals surface area contributed by atoms with E-state index in [2.05, 4.69) is 12.2 Å². The lowest BCUT2D eigenvalue weighted by molar-refractivity contribution is 0.117. The van der Waals surface area contributed by atoms with Crippen LogP contribution >= 0.6 is 0 Å². The Labute approximate surface area is 81.5 Å². The number of hydrogen-bond acceptors (Lipinski definition) is 3. The lowest BCUT2D eigenvalue weighted by Gasteiger charge is -2.17. The molecule has 0 saturated carbocycles. The summed E-state index contributed by atoms with van der Waals surface area (Å²) in [6.07, 6.45) is -0.241. The number of hydrogen-bond donors (Lipinski definition) is 2. The van der Waals surface area contributed by atoms with Crippen molar-refractivity contribution in [2.24, 2.45) is 11.8 Å². The average molecular weight is 189 g/mol. The van der Waals surface area contributed by atoms with Crippen LogP contribution in [0, 0.1) is 11.8 Å². The molecule has 0 aliphatic carbocycles. The molecule has 3 nitrogen and oxygen atoms in total. The van der Waals surface area contributed by atoms with Gasteiger partial charge in [-0.1, -0.05) is 20.8 Å². The van der Waals surface area contributed by atoms with Crippen LogP contribution in [0.5, 0.6) is 0 Å². The maximum atomic E-state index is 9.48. The molecule has 13 heavy (non-hydrogen) atoms. The first-order valence-corrected chi connectivity index (χ1v) is 4.95. The van der Waals surface area contributed by atoms with Gasteiger partial charge in [-0.25, -0.2) is 0 Å². The van der Waals surface area contributed by atoms with Crippen molar-refractivity contribution in [2.45, 2.75) is 26.9 Å². The molecule has 2 atom stereocenters. The van der Waals surface area contributed by atoms with E-state index in [-0.39, 0.29) is 6.10 Å². The molecule has 2 unspecified atom stereocenters. The Morgan fingerprint density at radius 2 is 1.85 bits per heavy atom. The molecule has 0 amide bonds. The molecule has 0 saturated heterocycles. The first-order valence-electron chi connectivity index (χ1n) is 4.95. The van der Waals surface area contributed by atoms with E-state index in [1.54, 1.807) is 7.11 Å². The number of ether oxygens (including phenoxy) is 1. The smallest absolute Gasteiger partial charge is 0.0687 e. The number of aliphatic hydroxyl groups is 1. The highest BCUT2D eigenvalue weighted by atomic mass is 16.5. The zero-order valence-corrected chi connectivity index (χ0v) is 9.21. The highest BCUT2D eigenvalue weighted by Gasteiger charge is 2.08. The number of aliphatic hydroxyl groups excluding tert-OH is 1. The predicted molar refractivity (Wildman–Crippen MR) is 54.8 cm³/mol. The maximum Gasteiger partial charge on any atom is 0.0687 e. The van der Waals surface area contributed by atoms with Gasteiger partial charge in [-0.2, -0.15) is 0 Å². The molecule has 0 fully saturated rings. The number of rotatable bonds is 7. The van der Waals surface area contributed by atoms with Gasteiger partial charge in [0.15, 0.2) is 0 Å². The van der Waals surface area contributed by atoms with Crippen LogP contribution < -0.4 is 5.32 Å². The Morgan fingerprint density at radius 1 is 1.23 bits per heavy atom. The molecule has 80 valence electrons.